The Hall–Kier alpha value is -1.28. The molecular weight excluding hydrogens is 184 g/mol. The number of nitrogens with zero attached hydrogens (tertiary/aromatic N) is 3. The Morgan fingerprint density at radius 2 is 2.38 bits per heavy atom. The topological polar surface area (TPSA) is 65.9 Å². The minimum absolute atomic E-state index is 0.338. The predicted molar refractivity (Wildman–Crippen MR) is 54.8 cm³/mol. The van der Waals surface area contributed by atoms with Gasteiger partial charge in [-0.05, 0) is 18.0 Å². The Morgan fingerprint density at radius 1 is 1.69 bits per heavy atom. The second-order valence-corrected chi connectivity index (χ2v) is 3.53. The predicted octanol–water partition coefficient (Wildman–Crippen LogP) is 1.44. The van der Waals surface area contributed by atoms with Crippen LogP contribution in [-0.4, -0.2) is 18.0 Å². The van der Waals surface area contributed by atoms with Crippen molar-refractivity contribution in [1.82, 2.24) is 4.37 Å². The summed E-state index contributed by atoms with van der Waals surface area (Å²) >= 11 is 1.28. The molecule has 0 spiro atoms. The zero-order chi connectivity index (χ0) is 9.84. The van der Waals surface area contributed by atoms with Crippen LogP contribution in [0.2, 0.25) is 0 Å². The number of hydrogen-bond acceptors (Lipinski definition) is 5. The molecule has 1 rings (SSSR count). The van der Waals surface area contributed by atoms with Gasteiger partial charge in [-0.3, -0.25) is 0 Å². The van der Waals surface area contributed by atoms with Crippen LogP contribution in [0.25, 0.3) is 0 Å². The smallest absolute Gasteiger partial charge is 0.157 e. The molecule has 0 atom stereocenters. The summed E-state index contributed by atoms with van der Waals surface area (Å²) in [5.74, 6) is 0.338. The maximum absolute atomic E-state index is 8.82. The molecule has 13 heavy (non-hydrogen) atoms. The molecular formula is C8H12N4S. The van der Waals surface area contributed by atoms with Crippen molar-refractivity contribution in [3.8, 4) is 6.07 Å². The lowest BCUT2D eigenvalue weighted by Gasteiger charge is -2.15. The molecule has 4 nitrogen and oxygen atoms in total. The Morgan fingerprint density at radius 3 is 2.92 bits per heavy atom. The summed E-state index contributed by atoms with van der Waals surface area (Å²) in [6, 6.07) is 2.06. The third-order valence-electron chi connectivity index (χ3n) is 1.72. The zero-order valence-electron chi connectivity index (χ0n) is 7.74. The summed E-state index contributed by atoms with van der Waals surface area (Å²) in [4.78, 5) is 2.01. The minimum Gasteiger partial charge on any atom is -0.382 e. The fourth-order valence-electron chi connectivity index (χ4n) is 1.10. The van der Waals surface area contributed by atoms with Crippen LogP contribution < -0.4 is 10.6 Å². The first-order valence-electron chi connectivity index (χ1n) is 4.07. The lowest BCUT2D eigenvalue weighted by molar-refractivity contribution is 0.858. The Labute approximate surface area is 81.7 Å². The largest absolute Gasteiger partial charge is 0.382 e. The number of nitrogens with two attached hydrogens (primary N) is 1. The normalized spacial score (nSPS) is 9.62. The number of nitrogen functional groups attached to an aromatic ring is 1. The van der Waals surface area contributed by atoms with E-state index >= 15 is 0 Å². The molecule has 1 heterocycles. The third kappa shape index (κ3) is 1.90. The van der Waals surface area contributed by atoms with E-state index in [9.17, 15) is 0 Å². The van der Waals surface area contributed by atoms with Gasteiger partial charge in [0.05, 0.1) is 0 Å². The highest BCUT2D eigenvalue weighted by Crippen LogP contribution is 2.28. The van der Waals surface area contributed by atoms with E-state index in [1.54, 1.807) is 0 Å². The average molecular weight is 196 g/mol. The lowest BCUT2D eigenvalue weighted by atomic mass is 10.3. The zero-order valence-corrected chi connectivity index (χ0v) is 8.56. The van der Waals surface area contributed by atoms with Crippen molar-refractivity contribution in [2.45, 2.75) is 13.3 Å². The van der Waals surface area contributed by atoms with E-state index in [4.69, 9.17) is 11.0 Å². The van der Waals surface area contributed by atoms with Gasteiger partial charge in [-0.1, -0.05) is 6.92 Å². The fraction of sp³-hybridized carbons (Fsp3) is 0.500. The Kier molecular flexibility index (Phi) is 3.09. The van der Waals surface area contributed by atoms with Gasteiger partial charge in [0.15, 0.2) is 5.82 Å². The molecule has 0 amide bonds. The molecule has 0 saturated carbocycles. The molecule has 0 fully saturated rings. The third-order valence-corrected chi connectivity index (χ3v) is 2.69. The van der Waals surface area contributed by atoms with Gasteiger partial charge in [-0.25, -0.2) is 0 Å². The summed E-state index contributed by atoms with van der Waals surface area (Å²) in [6.45, 7) is 3.00. The molecule has 5 heteroatoms. The number of hydrogen-bond donors (Lipinski definition) is 1. The van der Waals surface area contributed by atoms with Crippen LogP contribution >= 0.6 is 11.5 Å². The summed E-state index contributed by atoms with van der Waals surface area (Å²) in [7, 11) is 1.94. The molecule has 0 radical (unpaired) electrons. The number of nitriles is 1. The summed E-state index contributed by atoms with van der Waals surface area (Å²) in [5, 5.41) is 9.68. The first-order valence-corrected chi connectivity index (χ1v) is 4.84. The van der Waals surface area contributed by atoms with E-state index in [0.717, 1.165) is 18.0 Å². The number of anilines is 2. The second-order valence-electron chi connectivity index (χ2n) is 2.78. The number of rotatable bonds is 3. The van der Waals surface area contributed by atoms with E-state index in [1.807, 2.05) is 11.9 Å². The van der Waals surface area contributed by atoms with Crippen molar-refractivity contribution in [3.63, 3.8) is 0 Å². The van der Waals surface area contributed by atoms with Gasteiger partial charge in [-0.2, -0.15) is 9.64 Å². The first kappa shape index (κ1) is 9.81. The first-order chi connectivity index (χ1) is 6.20. The van der Waals surface area contributed by atoms with E-state index in [1.165, 1.54) is 11.5 Å². The molecule has 2 N–H and O–H groups in total. The summed E-state index contributed by atoms with van der Waals surface area (Å²) in [5.41, 5.74) is 6.04. The van der Waals surface area contributed by atoms with Crippen LogP contribution in [0.15, 0.2) is 0 Å². The van der Waals surface area contributed by atoms with Crippen molar-refractivity contribution in [2.24, 2.45) is 0 Å². The van der Waals surface area contributed by atoms with Gasteiger partial charge in [0.2, 0.25) is 0 Å². The molecule has 0 bridgehead atoms. The molecule has 1 aromatic heterocycles. The number of aromatic nitrogens is 1. The molecule has 70 valence electrons. The van der Waals surface area contributed by atoms with Crippen LogP contribution in [0, 0.1) is 11.3 Å². The molecule has 0 saturated heterocycles. The Balaban J connectivity index is 2.95. The highest BCUT2D eigenvalue weighted by Gasteiger charge is 2.13. The van der Waals surface area contributed by atoms with Crippen LogP contribution in [0.3, 0.4) is 0 Å². The van der Waals surface area contributed by atoms with Gasteiger partial charge in [0.25, 0.3) is 0 Å². The van der Waals surface area contributed by atoms with Crippen molar-refractivity contribution in [1.29, 1.82) is 5.26 Å². The van der Waals surface area contributed by atoms with E-state index in [-0.39, 0.29) is 0 Å². The Bertz CT molecular complexity index is 325. The molecule has 0 aliphatic rings. The quantitative estimate of drug-likeness (QED) is 0.794. The van der Waals surface area contributed by atoms with Gasteiger partial charge < -0.3 is 10.6 Å². The fourth-order valence-corrected chi connectivity index (χ4v) is 1.84. The monoisotopic (exact) mass is 196 g/mol. The van der Waals surface area contributed by atoms with Crippen LogP contribution in [0.5, 0.6) is 0 Å². The standard InChI is InChI=1S/C8H12N4S/c1-3-4-12(2)8-6(5-9)7(10)11-13-8/h3-4H2,1-2H3,(H2,10,11). The van der Waals surface area contributed by atoms with Crippen molar-refractivity contribution in [2.75, 3.05) is 24.2 Å². The van der Waals surface area contributed by atoms with Crippen molar-refractivity contribution < 1.29 is 0 Å². The highest BCUT2D eigenvalue weighted by atomic mass is 32.1. The minimum atomic E-state index is 0.338. The van der Waals surface area contributed by atoms with E-state index < -0.39 is 0 Å². The van der Waals surface area contributed by atoms with Gasteiger partial charge in [0.1, 0.15) is 16.6 Å². The summed E-state index contributed by atoms with van der Waals surface area (Å²) in [6.07, 6.45) is 1.04. The maximum atomic E-state index is 8.82. The average Bonchev–Trinajstić information content (AvgIpc) is 2.47. The van der Waals surface area contributed by atoms with Gasteiger partial charge in [-0.15, -0.1) is 0 Å². The molecule has 0 unspecified atom stereocenters. The second kappa shape index (κ2) is 4.10. The van der Waals surface area contributed by atoms with Gasteiger partial charge in [0, 0.05) is 13.6 Å². The lowest BCUT2D eigenvalue weighted by Crippen LogP contribution is -2.17. The van der Waals surface area contributed by atoms with E-state index in [0.29, 0.717) is 11.4 Å². The van der Waals surface area contributed by atoms with Crippen molar-refractivity contribution >= 4 is 22.4 Å². The molecule has 0 aromatic carbocycles. The molecule has 0 aliphatic carbocycles. The molecule has 1 aromatic rings. The van der Waals surface area contributed by atoms with E-state index in [2.05, 4.69) is 17.4 Å². The summed E-state index contributed by atoms with van der Waals surface area (Å²) < 4.78 is 3.95. The van der Waals surface area contributed by atoms with Gasteiger partial charge >= 0.3 is 0 Å². The SMILES string of the molecule is CCCN(C)c1snc(N)c1C#N. The van der Waals surface area contributed by atoms with Crippen LogP contribution in [0.1, 0.15) is 18.9 Å². The van der Waals surface area contributed by atoms with Crippen molar-refractivity contribution in [3.05, 3.63) is 5.56 Å². The highest BCUT2D eigenvalue weighted by molar-refractivity contribution is 7.10. The maximum Gasteiger partial charge on any atom is 0.157 e. The molecule has 0 aliphatic heterocycles. The van der Waals surface area contributed by atoms with Crippen LogP contribution in [-0.2, 0) is 0 Å². The van der Waals surface area contributed by atoms with Crippen LogP contribution in [0.4, 0.5) is 10.8 Å².